The van der Waals surface area contributed by atoms with Gasteiger partial charge in [0.15, 0.2) is 0 Å². The van der Waals surface area contributed by atoms with Crippen molar-refractivity contribution in [3.8, 4) is 0 Å². The Kier molecular flexibility index (Phi) is 142. The fourth-order valence-electron chi connectivity index (χ4n) is 0. The zero-order valence-corrected chi connectivity index (χ0v) is 11.3. The first kappa shape index (κ1) is 32.1. The minimum absolute atomic E-state index is 0. The molecular formula is C3H11Br3OTi. The first-order chi connectivity index (χ1) is 1.91. The van der Waals surface area contributed by atoms with Crippen molar-refractivity contribution in [2.45, 2.75) is 13.3 Å². The van der Waals surface area contributed by atoms with Crippen LogP contribution in [0.3, 0.4) is 0 Å². The van der Waals surface area contributed by atoms with Gasteiger partial charge in [-0.1, -0.05) is 6.92 Å². The standard InChI is InChI=1S/C3H8O.3BrH.Ti/c1-2-3-4;;;;/h4H,2-3H2,1H3;3*1H;. The molecule has 0 aliphatic heterocycles. The third-order valence-corrected chi connectivity index (χ3v) is 0.224. The van der Waals surface area contributed by atoms with Crippen LogP contribution in [0.4, 0.5) is 0 Å². The van der Waals surface area contributed by atoms with Crippen molar-refractivity contribution in [1.29, 1.82) is 0 Å². The van der Waals surface area contributed by atoms with Crippen LogP contribution in [0.5, 0.6) is 0 Å². The molecule has 8 heavy (non-hydrogen) atoms. The monoisotopic (exact) mass is 348 g/mol. The molecular weight excluding hydrogens is 340 g/mol. The Hall–Kier alpha value is 2.11. The zero-order valence-electron chi connectivity index (χ0n) is 4.59. The topological polar surface area (TPSA) is 20.2 Å². The first-order valence-electron chi connectivity index (χ1n) is 1.52. The van der Waals surface area contributed by atoms with Crippen molar-refractivity contribution < 1.29 is 26.8 Å². The molecule has 0 aromatic heterocycles. The summed E-state index contributed by atoms with van der Waals surface area (Å²) in [6.07, 6.45) is 0.875. The van der Waals surface area contributed by atoms with Crippen molar-refractivity contribution >= 4 is 50.9 Å². The van der Waals surface area contributed by atoms with Gasteiger partial charge in [-0.2, -0.15) is 0 Å². The van der Waals surface area contributed by atoms with Crippen LogP contribution in [0.15, 0.2) is 0 Å². The van der Waals surface area contributed by atoms with Crippen molar-refractivity contribution in [2.75, 3.05) is 6.61 Å². The van der Waals surface area contributed by atoms with Gasteiger partial charge >= 0.3 is 0 Å². The maximum absolute atomic E-state index is 7.88. The van der Waals surface area contributed by atoms with Gasteiger partial charge in [0.1, 0.15) is 0 Å². The third-order valence-electron chi connectivity index (χ3n) is 0.224. The molecule has 0 amide bonds. The number of rotatable bonds is 1. The molecule has 0 aliphatic carbocycles. The molecule has 5 heteroatoms. The van der Waals surface area contributed by atoms with Gasteiger partial charge in [0.25, 0.3) is 0 Å². The summed E-state index contributed by atoms with van der Waals surface area (Å²) in [5.74, 6) is 0. The van der Waals surface area contributed by atoms with Crippen molar-refractivity contribution in [3.05, 3.63) is 0 Å². The predicted octanol–water partition coefficient (Wildman–Crippen LogP) is 2.12. The van der Waals surface area contributed by atoms with Crippen LogP contribution in [0.25, 0.3) is 0 Å². The Balaban J connectivity index is -0.00000000750. The molecule has 0 heterocycles. The molecule has 0 saturated carbocycles. The summed E-state index contributed by atoms with van der Waals surface area (Å²) in [6, 6.07) is 0. The van der Waals surface area contributed by atoms with Crippen LogP contribution >= 0.6 is 50.9 Å². The van der Waals surface area contributed by atoms with E-state index in [1.165, 1.54) is 0 Å². The Morgan fingerprint density at radius 1 is 1.12 bits per heavy atom. The summed E-state index contributed by atoms with van der Waals surface area (Å²) >= 11 is 0. The average Bonchev–Trinajstić information content (AvgIpc) is 1.37. The maximum atomic E-state index is 7.88. The second kappa shape index (κ2) is 35.5. The summed E-state index contributed by atoms with van der Waals surface area (Å²) in [7, 11) is 0. The molecule has 0 atom stereocenters. The molecule has 0 aromatic rings. The third kappa shape index (κ3) is 42.3. The average molecular weight is 351 g/mol. The first-order valence-corrected chi connectivity index (χ1v) is 1.52. The Morgan fingerprint density at radius 2 is 1.25 bits per heavy atom. The van der Waals surface area contributed by atoms with E-state index in [1.807, 2.05) is 6.92 Å². The molecule has 0 unspecified atom stereocenters. The van der Waals surface area contributed by atoms with Crippen molar-refractivity contribution in [1.82, 2.24) is 0 Å². The van der Waals surface area contributed by atoms with Gasteiger partial charge in [-0.25, -0.2) is 0 Å². The van der Waals surface area contributed by atoms with Gasteiger partial charge in [-0.15, -0.1) is 50.9 Å². The second-order valence-corrected chi connectivity index (χ2v) is 0.724. The van der Waals surface area contributed by atoms with Gasteiger partial charge in [0.2, 0.25) is 0 Å². The van der Waals surface area contributed by atoms with Crippen LogP contribution in [-0.2, 0) is 21.7 Å². The Bertz CT molecular complexity index is 16.5. The molecule has 1 nitrogen and oxygen atoms in total. The molecule has 0 rings (SSSR count). The SMILES string of the molecule is Br.Br.Br.CCCO.[Ti]. The fourth-order valence-corrected chi connectivity index (χ4v) is 0. The zero-order chi connectivity index (χ0) is 3.41. The fraction of sp³-hybridized carbons (Fsp3) is 1.00. The van der Waals surface area contributed by atoms with Crippen LogP contribution in [0, 0.1) is 0 Å². The Morgan fingerprint density at radius 3 is 1.25 bits per heavy atom. The van der Waals surface area contributed by atoms with E-state index in [1.54, 1.807) is 0 Å². The quantitative estimate of drug-likeness (QED) is 0.718. The van der Waals surface area contributed by atoms with Gasteiger partial charge in [-0.05, 0) is 6.42 Å². The summed E-state index contributed by atoms with van der Waals surface area (Å²) < 4.78 is 0. The van der Waals surface area contributed by atoms with Crippen LogP contribution < -0.4 is 0 Å². The molecule has 54 valence electrons. The minimum Gasteiger partial charge on any atom is -0.396 e. The van der Waals surface area contributed by atoms with Crippen LogP contribution in [0.1, 0.15) is 13.3 Å². The second-order valence-electron chi connectivity index (χ2n) is 0.724. The summed E-state index contributed by atoms with van der Waals surface area (Å²) in [5, 5.41) is 7.88. The van der Waals surface area contributed by atoms with Gasteiger partial charge in [0, 0.05) is 28.3 Å². The van der Waals surface area contributed by atoms with Gasteiger partial charge < -0.3 is 5.11 Å². The number of halogens is 3. The van der Waals surface area contributed by atoms with E-state index < -0.39 is 0 Å². The van der Waals surface area contributed by atoms with Crippen LogP contribution in [-0.4, -0.2) is 11.7 Å². The van der Waals surface area contributed by atoms with E-state index in [0.29, 0.717) is 6.61 Å². The molecule has 0 bridgehead atoms. The normalized spacial score (nSPS) is 3.75. The molecule has 0 spiro atoms. The van der Waals surface area contributed by atoms with Crippen molar-refractivity contribution in [3.63, 3.8) is 0 Å². The smallest absolute Gasteiger partial charge is 0.0428 e. The van der Waals surface area contributed by atoms with Crippen molar-refractivity contribution in [2.24, 2.45) is 0 Å². The van der Waals surface area contributed by atoms with E-state index in [2.05, 4.69) is 0 Å². The minimum atomic E-state index is 0. The van der Waals surface area contributed by atoms with Crippen LogP contribution in [0.2, 0.25) is 0 Å². The van der Waals surface area contributed by atoms with Gasteiger partial charge in [-0.3, -0.25) is 0 Å². The summed E-state index contributed by atoms with van der Waals surface area (Å²) in [5.41, 5.74) is 0. The van der Waals surface area contributed by atoms with Gasteiger partial charge in [0.05, 0.1) is 0 Å². The molecule has 0 aliphatic rings. The molecule has 1 N–H and O–H groups in total. The number of aliphatic hydroxyl groups is 1. The molecule has 0 fully saturated rings. The Labute approximate surface area is 96.8 Å². The summed E-state index contributed by atoms with van der Waals surface area (Å²) in [4.78, 5) is 0. The van der Waals surface area contributed by atoms with E-state index in [0.717, 1.165) is 6.42 Å². The molecule has 0 aromatic carbocycles. The largest absolute Gasteiger partial charge is 0.396 e. The van der Waals surface area contributed by atoms with E-state index in [-0.39, 0.29) is 72.7 Å². The molecule has 0 radical (unpaired) electrons. The predicted molar refractivity (Wildman–Crippen MR) is 48.3 cm³/mol. The number of aliphatic hydroxyl groups excluding tert-OH is 1. The van der Waals surface area contributed by atoms with E-state index in [4.69, 9.17) is 5.11 Å². The maximum Gasteiger partial charge on any atom is 0.0428 e. The van der Waals surface area contributed by atoms with E-state index >= 15 is 0 Å². The summed E-state index contributed by atoms with van der Waals surface area (Å²) in [6.45, 7) is 2.25. The van der Waals surface area contributed by atoms with E-state index in [9.17, 15) is 0 Å². The molecule has 0 saturated heterocycles. The number of hydrogen-bond acceptors (Lipinski definition) is 1. The number of hydrogen-bond donors (Lipinski definition) is 1.